The van der Waals surface area contributed by atoms with Gasteiger partial charge in [0.15, 0.2) is 24.1 Å². The molecule has 2 aliphatic heterocycles. The second kappa shape index (κ2) is 11.2. The van der Waals surface area contributed by atoms with Crippen molar-refractivity contribution in [1.29, 1.82) is 0 Å². The van der Waals surface area contributed by atoms with Gasteiger partial charge in [0.2, 0.25) is 6.29 Å². The van der Waals surface area contributed by atoms with Crippen molar-refractivity contribution in [3.05, 3.63) is 23.8 Å². The summed E-state index contributed by atoms with van der Waals surface area (Å²) in [6, 6.07) is 0. The number of hydrogen-bond acceptors (Lipinski definition) is 13. The summed E-state index contributed by atoms with van der Waals surface area (Å²) >= 11 is 0. The van der Waals surface area contributed by atoms with Crippen LogP contribution < -0.4 is 0 Å². The van der Waals surface area contributed by atoms with Crippen LogP contribution in [0.25, 0.3) is 0 Å². The molecule has 274 valence electrons. The van der Waals surface area contributed by atoms with Gasteiger partial charge in [-0.1, -0.05) is 45.9 Å². The zero-order chi connectivity index (χ0) is 36.5. The number of ether oxygens (including phenoxy) is 6. The van der Waals surface area contributed by atoms with E-state index in [-0.39, 0.29) is 18.9 Å². The van der Waals surface area contributed by atoms with E-state index in [0.717, 1.165) is 18.9 Å². The fourth-order valence-corrected chi connectivity index (χ4v) is 12.0. The van der Waals surface area contributed by atoms with Gasteiger partial charge in [0, 0.05) is 37.5 Å². The molecule has 15 unspecified atom stereocenters. The number of rotatable bonds is 6. The molecule has 4 saturated carbocycles. The highest BCUT2D eigenvalue weighted by atomic mass is 16.7. The molecule has 13 heteroatoms. The van der Waals surface area contributed by atoms with Crippen molar-refractivity contribution in [3.63, 3.8) is 0 Å². The molecule has 0 aromatic rings. The predicted molar refractivity (Wildman–Crippen MR) is 170 cm³/mol. The van der Waals surface area contributed by atoms with Crippen LogP contribution in [0.5, 0.6) is 0 Å². The lowest BCUT2D eigenvalue weighted by Gasteiger charge is -2.73. The third-order valence-electron chi connectivity index (χ3n) is 13.8. The monoisotopic (exact) mass is 700 g/mol. The number of esters is 4. The number of carbonyl (C=O) groups excluding carboxylic acids is 5. The van der Waals surface area contributed by atoms with Crippen LogP contribution in [-0.4, -0.2) is 95.0 Å². The molecule has 1 spiro atoms. The molecule has 0 radical (unpaired) electrons. The van der Waals surface area contributed by atoms with Crippen molar-refractivity contribution in [2.24, 2.45) is 45.3 Å². The van der Waals surface area contributed by atoms with E-state index in [0.29, 0.717) is 6.42 Å². The highest BCUT2D eigenvalue weighted by Crippen LogP contribution is 2.82. The Hall–Kier alpha value is -3.13. The summed E-state index contributed by atoms with van der Waals surface area (Å²) in [7, 11) is 0. The zero-order valence-corrected chi connectivity index (χ0v) is 29.8. The molecule has 0 aromatic heterocycles. The summed E-state index contributed by atoms with van der Waals surface area (Å²) in [4.78, 5) is 66.8. The van der Waals surface area contributed by atoms with Crippen molar-refractivity contribution in [2.45, 2.75) is 123 Å². The van der Waals surface area contributed by atoms with Gasteiger partial charge in [0.05, 0.1) is 35.6 Å². The van der Waals surface area contributed by atoms with Gasteiger partial charge in [-0.2, -0.15) is 0 Å². The molecule has 2 N–H and O–H groups in total. The van der Waals surface area contributed by atoms with E-state index >= 15 is 4.79 Å². The molecule has 6 fully saturated rings. The average molecular weight is 701 g/mol. The predicted octanol–water partition coefficient (Wildman–Crippen LogP) is 2.34. The molecule has 13 nitrogen and oxygen atoms in total. The number of epoxide rings is 1. The summed E-state index contributed by atoms with van der Waals surface area (Å²) in [5.74, 6) is -6.30. The molecule has 7 rings (SSSR count). The van der Waals surface area contributed by atoms with Gasteiger partial charge in [-0.15, -0.1) is 0 Å². The number of carbonyl (C=O) groups is 5. The second-order valence-electron chi connectivity index (χ2n) is 16.4. The lowest BCUT2D eigenvalue weighted by molar-refractivity contribution is -0.391. The van der Waals surface area contributed by atoms with Crippen LogP contribution in [0.15, 0.2) is 23.8 Å². The number of allylic oxidation sites excluding steroid dienone is 4. The first-order valence-electron chi connectivity index (χ1n) is 17.6. The van der Waals surface area contributed by atoms with E-state index in [1.807, 2.05) is 26.0 Å². The maximum atomic E-state index is 15.5. The summed E-state index contributed by atoms with van der Waals surface area (Å²) in [5.41, 5.74) is -5.78. The molecule has 2 saturated heterocycles. The van der Waals surface area contributed by atoms with Crippen LogP contribution in [0.1, 0.15) is 74.7 Å². The number of ketones is 1. The van der Waals surface area contributed by atoms with Crippen LogP contribution in [0.4, 0.5) is 0 Å². The molecule has 7 aliphatic rings. The van der Waals surface area contributed by atoms with Crippen molar-refractivity contribution in [3.8, 4) is 0 Å². The standard InChI is InChI=1S/C37H48O13/c1-16(2)31(44)49-32-33(6)22-14-23(41)35(8)27(36(22,15-45-32)28(43)26(46-17(3)38)30(33)48-19(5)40)25(42)29(47-18(4)39)34(7)21(20-11-9-10-12-20)13-24-37(34,35)50-24/h9,11-12,16,21-24,26-30,32,41,43H,10,13-15H2,1-8H3. The van der Waals surface area contributed by atoms with Gasteiger partial charge >= 0.3 is 23.9 Å². The maximum Gasteiger partial charge on any atom is 0.310 e. The zero-order valence-electron chi connectivity index (χ0n) is 29.8. The molecule has 0 amide bonds. The first-order valence-corrected chi connectivity index (χ1v) is 17.6. The highest BCUT2D eigenvalue weighted by Gasteiger charge is 2.93. The number of fused-ring (bicyclic) bond motifs is 1. The van der Waals surface area contributed by atoms with Gasteiger partial charge in [-0.3, -0.25) is 24.0 Å². The van der Waals surface area contributed by atoms with E-state index in [2.05, 4.69) is 6.08 Å². The van der Waals surface area contributed by atoms with Crippen LogP contribution in [-0.2, 0) is 52.4 Å². The number of hydrogen-bond donors (Lipinski definition) is 2. The first-order chi connectivity index (χ1) is 23.3. The normalized spacial score (nSPS) is 49.5. The largest absolute Gasteiger partial charge is 0.458 e. The molecule has 50 heavy (non-hydrogen) atoms. The average Bonchev–Trinajstić information content (AvgIpc) is 3.38. The summed E-state index contributed by atoms with van der Waals surface area (Å²) in [5, 5.41) is 25.3. The lowest BCUT2D eigenvalue weighted by atomic mass is 9.33. The van der Waals surface area contributed by atoms with Crippen molar-refractivity contribution < 1.29 is 62.6 Å². The van der Waals surface area contributed by atoms with Gasteiger partial charge in [-0.05, 0) is 43.6 Å². The Labute approximate surface area is 291 Å². The lowest BCUT2D eigenvalue weighted by Crippen LogP contribution is -2.84. The van der Waals surface area contributed by atoms with E-state index in [1.165, 1.54) is 13.8 Å². The maximum absolute atomic E-state index is 15.5. The van der Waals surface area contributed by atoms with E-state index in [4.69, 9.17) is 28.4 Å². The van der Waals surface area contributed by atoms with Gasteiger partial charge in [0.25, 0.3) is 0 Å². The molecule has 2 heterocycles. The minimum absolute atomic E-state index is 0.0309. The number of aliphatic hydroxyl groups excluding tert-OH is 2. The second-order valence-corrected chi connectivity index (χ2v) is 16.4. The molecule has 5 aliphatic carbocycles. The number of Topliss-reactive ketones (excluding diaryl/α,β-unsaturated/α-hetero) is 1. The fourth-order valence-electron chi connectivity index (χ4n) is 12.0. The van der Waals surface area contributed by atoms with Crippen molar-refractivity contribution in [2.75, 3.05) is 6.61 Å². The Balaban J connectivity index is 1.46. The topological polar surface area (TPSA) is 184 Å². The minimum Gasteiger partial charge on any atom is -0.458 e. The molecule has 2 bridgehead atoms. The van der Waals surface area contributed by atoms with Crippen LogP contribution in [0.3, 0.4) is 0 Å². The summed E-state index contributed by atoms with van der Waals surface area (Å²) in [6.45, 7) is 11.9. The van der Waals surface area contributed by atoms with E-state index < -0.39 is 118 Å². The highest BCUT2D eigenvalue weighted by molar-refractivity contribution is 5.93. The van der Waals surface area contributed by atoms with E-state index in [9.17, 15) is 29.4 Å². The molecule has 0 aromatic carbocycles. The van der Waals surface area contributed by atoms with Gasteiger partial charge in [-0.25, -0.2) is 0 Å². The van der Waals surface area contributed by atoms with Crippen molar-refractivity contribution in [1.82, 2.24) is 0 Å². The number of aliphatic hydroxyl groups is 2. The molecular weight excluding hydrogens is 652 g/mol. The Morgan fingerprint density at radius 1 is 0.920 bits per heavy atom. The molecular formula is C37H48O13. The summed E-state index contributed by atoms with van der Waals surface area (Å²) in [6.07, 6.45) is -1.58. The third-order valence-corrected chi connectivity index (χ3v) is 13.8. The van der Waals surface area contributed by atoms with Gasteiger partial charge in [0.1, 0.15) is 11.7 Å². The third kappa shape index (κ3) is 4.11. The Morgan fingerprint density at radius 2 is 1.58 bits per heavy atom. The summed E-state index contributed by atoms with van der Waals surface area (Å²) < 4.78 is 36.7. The minimum atomic E-state index is -1.68. The Kier molecular flexibility index (Phi) is 7.89. The van der Waals surface area contributed by atoms with Crippen LogP contribution in [0, 0.1) is 45.3 Å². The first kappa shape index (κ1) is 35.3. The SMILES string of the molecule is CC(=O)OC1C(OC(C)=O)C2(C)C(OC(=O)C(C)C)OCC3(C1O)C2CC(O)C1(C)C3C(=O)C(OC(C)=O)C2(C)C(C3=CCC=C3)CC3OC321. The van der Waals surface area contributed by atoms with Crippen LogP contribution >= 0.6 is 0 Å². The van der Waals surface area contributed by atoms with Crippen molar-refractivity contribution >= 4 is 29.7 Å². The molecule has 15 atom stereocenters. The van der Waals surface area contributed by atoms with E-state index in [1.54, 1.807) is 20.8 Å². The van der Waals surface area contributed by atoms with Gasteiger partial charge < -0.3 is 38.6 Å². The smallest absolute Gasteiger partial charge is 0.310 e. The van der Waals surface area contributed by atoms with Crippen LogP contribution in [0.2, 0.25) is 0 Å². The Bertz CT molecular complexity index is 1600. The Morgan fingerprint density at radius 3 is 2.16 bits per heavy atom. The quantitative estimate of drug-likeness (QED) is 0.234. The fraction of sp³-hybridized carbons (Fsp3) is 0.757.